The molecule has 174 valence electrons. The summed E-state index contributed by atoms with van der Waals surface area (Å²) in [6.45, 7) is 2.15. The maximum absolute atomic E-state index is 13.2. The van der Waals surface area contributed by atoms with Crippen molar-refractivity contribution >= 4 is 40.9 Å². The van der Waals surface area contributed by atoms with Gasteiger partial charge in [0.15, 0.2) is 5.16 Å². The van der Waals surface area contributed by atoms with Gasteiger partial charge in [-0.15, -0.1) is 0 Å². The summed E-state index contributed by atoms with van der Waals surface area (Å²) in [7, 11) is 0. The lowest BCUT2D eigenvalue weighted by molar-refractivity contribution is -0.113. The van der Waals surface area contributed by atoms with Crippen molar-refractivity contribution in [3.8, 4) is 5.69 Å². The number of imidazole rings is 1. The summed E-state index contributed by atoms with van der Waals surface area (Å²) in [6.07, 6.45) is 3.40. The quantitative estimate of drug-likeness (QED) is 0.325. The molecule has 2 aromatic carbocycles. The van der Waals surface area contributed by atoms with Crippen molar-refractivity contribution in [1.82, 2.24) is 14.9 Å². The Labute approximate surface area is 204 Å². The van der Waals surface area contributed by atoms with Gasteiger partial charge in [0.1, 0.15) is 17.3 Å². The first-order valence-corrected chi connectivity index (χ1v) is 11.6. The van der Waals surface area contributed by atoms with Gasteiger partial charge in [0.05, 0.1) is 23.0 Å². The minimum atomic E-state index is -0.476. The highest BCUT2D eigenvalue weighted by atomic mass is 35.5. The topological polar surface area (TPSA) is 89.2 Å². The lowest BCUT2D eigenvalue weighted by atomic mass is 10.2. The van der Waals surface area contributed by atoms with Crippen molar-refractivity contribution in [2.75, 3.05) is 11.1 Å². The van der Waals surface area contributed by atoms with Gasteiger partial charge >= 0.3 is 0 Å². The van der Waals surface area contributed by atoms with E-state index in [9.17, 15) is 14.0 Å². The van der Waals surface area contributed by atoms with E-state index in [1.54, 1.807) is 36.7 Å². The first-order valence-electron chi connectivity index (χ1n) is 10.2. The van der Waals surface area contributed by atoms with Crippen LogP contribution in [0.2, 0.25) is 5.02 Å². The molecular formula is C24H20ClFN4O3S. The average molecular weight is 499 g/mol. The molecule has 0 spiro atoms. The average Bonchev–Trinajstić information content (AvgIpc) is 3.47. The van der Waals surface area contributed by atoms with E-state index in [0.29, 0.717) is 28.7 Å². The summed E-state index contributed by atoms with van der Waals surface area (Å²) < 4.78 is 20.4. The molecule has 0 saturated heterocycles. The molecule has 10 heteroatoms. The number of thioether (sulfide) groups is 1. The molecule has 2 N–H and O–H groups in total. The van der Waals surface area contributed by atoms with E-state index in [1.165, 1.54) is 23.9 Å². The Kier molecular flexibility index (Phi) is 7.34. The lowest BCUT2D eigenvalue weighted by Crippen LogP contribution is -2.22. The van der Waals surface area contributed by atoms with Crippen molar-refractivity contribution in [3.63, 3.8) is 0 Å². The highest BCUT2D eigenvalue weighted by molar-refractivity contribution is 7.99. The first-order chi connectivity index (χ1) is 16.4. The smallest absolute Gasteiger partial charge is 0.251 e. The standard InChI is InChI=1S/C24H20ClFN4O3S/c1-15-2-8-19(33-15)13-28-23(32)16-3-6-18(7-4-16)30-11-10-27-24(30)34-14-22(31)29-21-9-5-17(26)12-20(21)25/h2-12H,13-14H2,1H3,(H,28,32)(H,29,31). The number of aromatic nitrogens is 2. The molecule has 0 aliphatic heterocycles. The molecule has 2 heterocycles. The molecule has 2 amide bonds. The van der Waals surface area contributed by atoms with Crippen LogP contribution in [0.3, 0.4) is 0 Å². The zero-order valence-corrected chi connectivity index (χ0v) is 19.6. The third-order valence-corrected chi connectivity index (χ3v) is 6.05. The largest absolute Gasteiger partial charge is 0.465 e. The summed E-state index contributed by atoms with van der Waals surface area (Å²) in [4.78, 5) is 29.0. The maximum Gasteiger partial charge on any atom is 0.251 e. The number of amides is 2. The van der Waals surface area contributed by atoms with Crippen LogP contribution in [0.15, 0.2) is 76.6 Å². The molecule has 2 aromatic heterocycles. The zero-order valence-electron chi connectivity index (χ0n) is 18.0. The Bertz CT molecular complexity index is 1320. The summed E-state index contributed by atoms with van der Waals surface area (Å²) in [5.74, 6) is 0.573. The number of halogens is 2. The van der Waals surface area contributed by atoms with Crippen molar-refractivity contribution in [2.24, 2.45) is 0 Å². The predicted molar refractivity (Wildman–Crippen MR) is 129 cm³/mol. The molecule has 4 aromatic rings. The first kappa shape index (κ1) is 23.6. The van der Waals surface area contributed by atoms with E-state index >= 15 is 0 Å². The molecule has 4 rings (SSSR count). The van der Waals surface area contributed by atoms with Crippen molar-refractivity contribution < 1.29 is 18.4 Å². The van der Waals surface area contributed by atoms with Crippen molar-refractivity contribution in [2.45, 2.75) is 18.6 Å². The molecular weight excluding hydrogens is 479 g/mol. The molecule has 0 bridgehead atoms. The highest BCUT2D eigenvalue weighted by Crippen LogP contribution is 2.24. The van der Waals surface area contributed by atoms with Gasteiger partial charge in [0.25, 0.3) is 5.91 Å². The molecule has 0 unspecified atom stereocenters. The van der Waals surface area contributed by atoms with Crippen LogP contribution >= 0.6 is 23.4 Å². The van der Waals surface area contributed by atoms with Crippen LogP contribution in [-0.2, 0) is 11.3 Å². The lowest BCUT2D eigenvalue weighted by Gasteiger charge is -2.10. The number of hydrogen-bond donors (Lipinski definition) is 2. The third-order valence-electron chi connectivity index (χ3n) is 4.77. The SMILES string of the molecule is Cc1ccc(CNC(=O)c2ccc(-n3ccnc3SCC(=O)Nc3ccc(F)cc3Cl)cc2)o1. The van der Waals surface area contributed by atoms with E-state index in [2.05, 4.69) is 15.6 Å². The molecule has 7 nitrogen and oxygen atoms in total. The van der Waals surface area contributed by atoms with Crippen LogP contribution in [0.5, 0.6) is 0 Å². The fourth-order valence-corrected chi connectivity index (χ4v) is 4.11. The molecule has 0 fully saturated rings. The van der Waals surface area contributed by atoms with Crippen molar-refractivity contribution in [3.05, 3.63) is 94.9 Å². The van der Waals surface area contributed by atoms with Crippen LogP contribution in [0, 0.1) is 12.7 Å². The molecule has 34 heavy (non-hydrogen) atoms. The summed E-state index contributed by atoms with van der Waals surface area (Å²) in [5, 5.41) is 6.21. The zero-order chi connectivity index (χ0) is 24.1. The number of anilines is 1. The Morgan fingerprint density at radius 3 is 2.65 bits per heavy atom. The summed E-state index contributed by atoms with van der Waals surface area (Å²) in [6, 6.07) is 14.5. The van der Waals surface area contributed by atoms with Crippen LogP contribution in [0.25, 0.3) is 5.69 Å². The number of nitrogens with zero attached hydrogens (tertiary/aromatic N) is 2. The van der Waals surface area contributed by atoms with Gasteiger partial charge in [-0.25, -0.2) is 9.37 Å². The van der Waals surface area contributed by atoms with Crippen LogP contribution < -0.4 is 10.6 Å². The minimum Gasteiger partial charge on any atom is -0.465 e. The molecule has 0 aliphatic rings. The monoisotopic (exact) mass is 498 g/mol. The van der Waals surface area contributed by atoms with Crippen LogP contribution in [0.4, 0.5) is 10.1 Å². The van der Waals surface area contributed by atoms with Gasteiger partial charge in [-0.1, -0.05) is 23.4 Å². The van der Waals surface area contributed by atoms with Gasteiger partial charge in [-0.05, 0) is 61.5 Å². The maximum atomic E-state index is 13.2. The van der Waals surface area contributed by atoms with Gasteiger partial charge in [-0.3, -0.25) is 14.2 Å². The number of carbonyl (C=O) groups is 2. The van der Waals surface area contributed by atoms with Crippen molar-refractivity contribution in [1.29, 1.82) is 0 Å². The second kappa shape index (κ2) is 10.6. The Hall–Kier alpha value is -3.56. The number of carbonyl (C=O) groups excluding carboxylic acids is 2. The van der Waals surface area contributed by atoms with E-state index in [4.69, 9.17) is 16.0 Å². The number of hydrogen-bond acceptors (Lipinski definition) is 5. The van der Waals surface area contributed by atoms with E-state index < -0.39 is 5.82 Å². The van der Waals surface area contributed by atoms with Crippen LogP contribution in [-0.4, -0.2) is 27.1 Å². The summed E-state index contributed by atoms with van der Waals surface area (Å²) in [5.41, 5.74) is 1.64. The number of nitrogens with one attached hydrogen (secondary N) is 2. The Morgan fingerprint density at radius 2 is 1.94 bits per heavy atom. The van der Waals surface area contributed by atoms with Gasteiger partial charge in [-0.2, -0.15) is 0 Å². The highest BCUT2D eigenvalue weighted by Gasteiger charge is 2.12. The molecule has 0 saturated carbocycles. The molecule has 0 atom stereocenters. The molecule has 0 radical (unpaired) electrons. The van der Waals surface area contributed by atoms with Gasteiger partial charge < -0.3 is 15.1 Å². The van der Waals surface area contributed by atoms with E-state index in [0.717, 1.165) is 17.5 Å². The fourth-order valence-electron chi connectivity index (χ4n) is 3.12. The summed E-state index contributed by atoms with van der Waals surface area (Å²) >= 11 is 7.19. The minimum absolute atomic E-state index is 0.0808. The van der Waals surface area contributed by atoms with Gasteiger partial charge in [0.2, 0.25) is 5.91 Å². The number of furan rings is 1. The Balaban J connectivity index is 1.35. The Morgan fingerprint density at radius 1 is 1.15 bits per heavy atom. The fraction of sp³-hybridized carbons (Fsp3) is 0.125. The second-order valence-electron chi connectivity index (χ2n) is 7.28. The normalized spacial score (nSPS) is 10.8. The van der Waals surface area contributed by atoms with Gasteiger partial charge in [0, 0.05) is 23.6 Å². The number of aryl methyl sites for hydroxylation is 1. The molecule has 0 aliphatic carbocycles. The number of rotatable bonds is 8. The number of benzene rings is 2. The van der Waals surface area contributed by atoms with E-state index in [1.807, 2.05) is 23.6 Å². The predicted octanol–water partition coefficient (Wildman–Crippen LogP) is 5.23. The van der Waals surface area contributed by atoms with E-state index in [-0.39, 0.29) is 22.6 Å². The second-order valence-corrected chi connectivity index (χ2v) is 8.63. The van der Waals surface area contributed by atoms with Crippen LogP contribution in [0.1, 0.15) is 21.9 Å². The third kappa shape index (κ3) is 5.86.